The number of nitrogens with one attached hydrogen (secondary N) is 1. The molecule has 1 saturated heterocycles. The molecule has 0 bridgehead atoms. The van der Waals surface area contributed by atoms with Crippen molar-refractivity contribution >= 4 is 15.9 Å². The van der Waals surface area contributed by atoms with Crippen LogP contribution in [0, 0.1) is 6.92 Å². The summed E-state index contributed by atoms with van der Waals surface area (Å²) < 4.78 is 1.19. The summed E-state index contributed by atoms with van der Waals surface area (Å²) in [4.78, 5) is 6.80. The van der Waals surface area contributed by atoms with Crippen LogP contribution in [0.25, 0.3) is 0 Å². The van der Waals surface area contributed by atoms with E-state index in [0.29, 0.717) is 6.04 Å². The van der Waals surface area contributed by atoms with Crippen LogP contribution in [0.3, 0.4) is 0 Å². The summed E-state index contributed by atoms with van der Waals surface area (Å²) in [7, 11) is 0. The largest absolute Gasteiger partial charge is 0.314 e. The molecule has 0 saturated carbocycles. The van der Waals surface area contributed by atoms with Gasteiger partial charge in [-0.3, -0.25) is 9.88 Å². The summed E-state index contributed by atoms with van der Waals surface area (Å²) in [6.07, 6.45) is 3.82. The predicted octanol–water partition coefficient (Wildman–Crippen LogP) is 3.30. The second-order valence-corrected chi connectivity index (χ2v) is 6.41. The third-order valence-electron chi connectivity index (χ3n) is 4.05. The Morgan fingerprint density at radius 2 is 2.29 bits per heavy atom. The normalized spacial score (nSPS) is 19.6. The second-order valence-electron chi connectivity index (χ2n) is 5.56. The molecule has 0 amide bonds. The van der Waals surface area contributed by atoms with Gasteiger partial charge < -0.3 is 5.32 Å². The van der Waals surface area contributed by atoms with Crippen molar-refractivity contribution in [3.63, 3.8) is 0 Å². The van der Waals surface area contributed by atoms with E-state index in [1.807, 2.05) is 18.5 Å². The van der Waals surface area contributed by atoms with Gasteiger partial charge in [0.1, 0.15) is 0 Å². The molecular weight excluding hydrogens is 326 g/mol. The van der Waals surface area contributed by atoms with Crippen LogP contribution >= 0.6 is 15.9 Å². The number of benzene rings is 1. The topological polar surface area (TPSA) is 28.2 Å². The third kappa shape index (κ3) is 3.51. The molecule has 1 aromatic heterocycles. The summed E-state index contributed by atoms with van der Waals surface area (Å²) in [5.74, 6) is 0. The van der Waals surface area contributed by atoms with Crippen LogP contribution in [0.5, 0.6) is 0 Å². The molecule has 1 unspecified atom stereocenters. The standard InChI is InChI=1S/C17H20BrN3/c1-13-4-5-14(9-16(13)18)12-21-8-7-20-11-17(21)15-3-2-6-19-10-15/h2-6,9-10,17,20H,7-8,11-12H2,1H3. The first-order chi connectivity index (χ1) is 10.2. The first kappa shape index (κ1) is 14.7. The van der Waals surface area contributed by atoms with Gasteiger partial charge in [0.2, 0.25) is 0 Å². The van der Waals surface area contributed by atoms with E-state index in [1.54, 1.807) is 0 Å². The first-order valence-electron chi connectivity index (χ1n) is 7.34. The maximum atomic E-state index is 4.27. The Morgan fingerprint density at radius 1 is 1.38 bits per heavy atom. The van der Waals surface area contributed by atoms with Crippen molar-refractivity contribution in [1.29, 1.82) is 0 Å². The van der Waals surface area contributed by atoms with Crippen LogP contribution < -0.4 is 5.32 Å². The number of pyridine rings is 1. The number of aryl methyl sites for hydroxylation is 1. The van der Waals surface area contributed by atoms with E-state index in [9.17, 15) is 0 Å². The van der Waals surface area contributed by atoms with Crippen molar-refractivity contribution in [3.05, 3.63) is 63.9 Å². The lowest BCUT2D eigenvalue weighted by molar-refractivity contribution is 0.153. The van der Waals surface area contributed by atoms with Gasteiger partial charge in [-0.1, -0.05) is 34.1 Å². The molecule has 110 valence electrons. The van der Waals surface area contributed by atoms with Gasteiger partial charge >= 0.3 is 0 Å². The number of nitrogens with zero attached hydrogens (tertiary/aromatic N) is 2. The van der Waals surface area contributed by atoms with E-state index in [0.717, 1.165) is 26.2 Å². The van der Waals surface area contributed by atoms with Crippen molar-refractivity contribution in [2.75, 3.05) is 19.6 Å². The first-order valence-corrected chi connectivity index (χ1v) is 8.13. The molecule has 2 aromatic rings. The highest BCUT2D eigenvalue weighted by Crippen LogP contribution is 2.25. The van der Waals surface area contributed by atoms with Crippen LogP contribution in [0.1, 0.15) is 22.7 Å². The molecule has 1 aliphatic heterocycles. The summed E-state index contributed by atoms with van der Waals surface area (Å²) in [5, 5.41) is 3.49. The molecule has 1 aromatic carbocycles. The molecule has 0 radical (unpaired) electrons. The molecule has 3 nitrogen and oxygen atoms in total. The molecular formula is C17H20BrN3. The van der Waals surface area contributed by atoms with E-state index in [-0.39, 0.29) is 0 Å². The lowest BCUT2D eigenvalue weighted by Crippen LogP contribution is -2.45. The van der Waals surface area contributed by atoms with Gasteiger partial charge in [-0.15, -0.1) is 0 Å². The van der Waals surface area contributed by atoms with Crippen LogP contribution in [-0.2, 0) is 6.54 Å². The smallest absolute Gasteiger partial charge is 0.0491 e. The molecule has 1 aliphatic rings. The summed E-state index contributed by atoms with van der Waals surface area (Å²) >= 11 is 3.63. The van der Waals surface area contributed by atoms with Gasteiger partial charge in [-0.25, -0.2) is 0 Å². The van der Waals surface area contributed by atoms with Crippen molar-refractivity contribution < 1.29 is 0 Å². The van der Waals surface area contributed by atoms with Gasteiger partial charge in [0.25, 0.3) is 0 Å². The van der Waals surface area contributed by atoms with Crippen LogP contribution in [-0.4, -0.2) is 29.5 Å². The molecule has 2 heterocycles. The van der Waals surface area contributed by atoms with Gasteiger partial charge in [-0.2, -0.15) is 0 Å². The summed E-state index contributed by atoms with van der Waals surface area (Å²) in [6.45, 7) is 6.19. The Morgan fingerprint density at radius 3 is 3.05 bits per heavy atom. The van der Waals surface area contributed by atoms with Crippen molar-refractivity contribution in [3.8, 4) is 0 Å². The minimum absolute atomic E-state index is 0.396. The molecule has 1 atom stereocenters. The lowest BCUT2D eigenvalue weighted by atomic mass is 10.0. The number of rotatable bonds is 3. The quantitative estimate of drug-likeness (QED) is 0.924. The number of piperazine rings is 1. The zero-order valence-electron chi connectivity index (χ0n) is 12.2. The maximum absolute atomic E-state index is 4.27. The molecule has 3 rings (SSSR count). The van der Waals surface area contributed by atoms with Gasteiger partial charge in [0, 0.05) is 49.1 Å². The molecule has 0 aliphatic carbocycles. The monoisotopic (exact) mass is 345 g/mol. The van der Waals surface area contributed by atoms with Gasteiger partial charge in [-0.05, 0) is 35.7 Å². The second kappa shape index (κ2) is 6.69. The van der Waals surface area contributed by atoms with E-state index >= 15 is 0 Å². The van der Waals surface area contributed by atoms with E-state index in [1.165, 1.54) is 21.2 Å². The number of aromatic nitrogens is 1. The minimum Gasteiger partial charge on any atom is -0.314 e. The van der Waals surface area contributed by atoms with Crippen LogP contribution in [0.15, 0.2) is 47.2 Å². The predicted molar refractivity (Wildman–Crippen MR) is 89.1 cm³/mol. The minimum atomic E-state index is 0.396. The number of hydrogen-bond donors (Lipinski definition) is 1. The SMILES string of the molecule is Cc1ccc(CN2CCNCC2c2cccnc2)cc1Br. The van der Waals surface area contributed by atoms with Crippen LogP contribution in [0.4, 0.5) is 0 Å². The van der Waals surface area contributed by atoms with Gasteiger partial charge in [0.15, 0.2) is 0 Å². The van der Waals surface area contributed by atoms with Crippen molar-refractivity contribution in [2.24, 2.45) is 0 Å². The van der Waals surface area contributed by atoms with E-state index < -0.39 is 0 Å². The fourth-order valence-electron chi connectivity index (χ4n) is 2.81. The highest BCUT2D eigenvalue weighted by atomic mass is 79.9. The number of hydrogen-bond acceptors (Lipinski definition) is 3. The van der Waals surface area contributed by atoms with E-state index in [4.69, 9.17) is 0 Å². The molecule has 1 N–H and O–H groups in total. The molecule has 21 heavy (non-hydrogen) atoms. The van der Waals surface area contributed by atoms with Crippen molar-refractivity contribution in [2.45, 2.75) is 19.5 Å². The Bertz CT molecular complexity index is 600. The van der Waals surface area contributed by atoms with E-state index in [2.05, 4.69) is 62.3 Å². The zero-order valence-corrected chi connectivity index (χ0v) is 13.8. The fraction of sp³-hybridized carbons (Fsp3) is 0.353. The summed E-state index contributed by atoms with van der Waals surface area (Å²) in [6, 6.07) is 11.2. The average molecular weight is 346 g/mol. The Labute approximate surface area is 134 Å². The van der Waals surface area contributed by atoms with Crippen molar-refractivity contribution in [1.82, 2.24) is 15.2 Å². The fourth-order valence-corrected chi connectivity index (χ4v) is 3.23. The maximum Gasteiger partial charge on any atom is 0.0491 e. The third-order valence-corrected chi connectivity index (χ3v) is 4.90. The molecule has 0 spiro atoms. The highest BCUT2D eigenvalue weighted by Gasteiger charge is 2.23. The Kier molecular flexibility index (Phi) is 4.68. The Hall–Kier alpha value is -1.23. The zero-order chi connectivity index (χ0) is 14.7. The Balaban J connectivity index is 1.79. The summed E-state index contributed by atoms with van der Waals surface area (Å²) in [5.41, 5.74) is 3.92. The average Bonchev–Trinajstić information content (AvgIpc) is 2.52. The van der Waals surface area contributed by atoms with Crippen LogP contribution in [0.2, 0.25) is 0 Å². The molecule has 1 fully saturated rings. The highest BCUT2D eigenvalue weighted by molar-refractivity contribution is 9.10. The van der Waals surface area contributed by atoms with Gasteiger partial charge in [0.05, 0.1) is 0 Å². The molecule has 4 heteroatoms. The number of halogens is 1. The lowest BCUT2D eigenvalue weighted by Gasteiger charge is -2.36.